The molecule has 0 spiro atoms. The van der Waals surface area contributed by atoms with Crippen LogP contribution in [0.3, 0.4) is 0 Å². The minimum Gasteiger partial charge on any atom is -0.392 e. The number of hydrogen-bond donors (Lipinski definition) is 1. The van der Waals surface area contributed by atoms with Gasteiger partial charge in [-0.15, -0.1) is 0 Å². The lowest BCUT2D eigenvalue weighted by molar-refractivity contribution is 0.278. The number of aryl methyl sites for hydroxylation is 1. The zero-order valence-electron chi connectivity index (χ0n) is 11.6. The fraction of sp³-hybridized carbons (Fsp3) is 0.125. The SMILES string of the molecule is Cc1nn(-c2ccccc2)c(Sc2ccccn2)c1CO. The Balaban J connectivity index is 2.09. The highest BCUT2D eigenvalue weighted by Gasteiger charge is 2.17. The molecule has 0 aliphatic carbocycles. The van der Waals surface area contributed by atoms with Gasteiger partial charge in [0.2, 0.25) is 0 Å². The van der Waals surface area contributed by atoms with Gasteiger partial charge < -0.3 is 5.11 Å². The van der Waals surface area contributed by atoms with Crippen LogP contribution in [-0.4, -0.2) is 19.9 Å². The third-order valence-electron chi connectivity index (χ3n) is 3.14. The van der Waals surface area contributed by atoms with Gasteiger partial charge >= 0.3 is 0 Å². The van der Waals surface area contributed by atoms with E-state index in [0.29, 0.717) is 0 Å². The molecular formula is C16H15N3OS. The molecule has 0 unspecified atom stereocenters. The van der Waals surface area contributed by atoms with Crippen molar-refractivity contribution in [3.8, 4) is 5.69 Å². The number of para-hydroxylation sites is 1. The number of rotatable bonds is 4. The van der Waals surface area contributed by atoms with E-state index in [1.54, 1.807) is 6.20 Å². The summed E-state index contributed by atoms with van der Waals surface area (Å²) in [6.45, 7) is 1.88. The van der Waals surface area contributed by atoms with Gasteiger partial charge in [-0.3, -0.25) is 0 Å². The fourth-order valence-corrected chi connectivity index (χ4v) is 3.10. The van der Waals surface area contributed by atoms with Crippen molar-refractivity contribution in [3.63, 3.8) is 0 Å². The molecule has 21 heavy (non-hydrogen) atoms. The van der Waals surface area contributed by atoms with Gasteiger partial charge in [-0.05, 0) is 43.0 Å². The van der Waals surface area contributed by atoms with Gasteiger partial charge in [0.1, 0.15) is 10.1 Å². The van der Waals surface area contributed by atoms with E-state index < -0.39 is 0 Å². The van der Waals surface area contributed by atoms with Crippen molar-refractivity contribution < 1.29 is 5.11 Å². The number of pyridine rings is 1. The number of benzene rings is 1. The Morgan fingerprint density at radius 3 is 2.52 bits per heavy atom. The molecule has 0 radical (unpaired) electrons. The molecule has 5 heteroatoms. The molecule has 0 saturated heterocycles. The molecule has 4 nitrogen and oxygen atoms in total. The molecule has 0 amide bonds. The molecule has 0 aliphatic heterocycles. The van der Waals surface area contributed by atoms with E-state index in [1.807, 2.05) is 60.1 Å². The number of aromatic nitrogens is 3. The summed E-state index contributed by atoms with van der Waals surface area (Å²) in [4.78, 5) is 4.33. The molecule has 1 aromatic carbocycles. The third-order valence-corrected chi connectivity index (χ3v) is 4.20. The molecule has 0 fully saturated rings. The van der Waals surface area contributed by atoms with E-state index in [9.17, 15) is 5.11 Å². The summed E-state index contributed by atoms with van der Waals surface area (Å²) in [5.41, 5.74) is 2.65. The normalized spacial score (nSPS) is 10.8. The fourth-order valence-electron chi connectivity index (χ4n) is 2.08. The van der Waals surface area contributed by atoms with Gasteiger partial charge in [-0.2, -0.15) is 5.10 Å². The van der Waals surface area contributed by atoms with Crippen LogP contribution in [0.2, 0.25) is 0 Å². The molecule has 0 saturated carbocycles. The topological polar surface area (TPSA) is 50.9 Å². The van der Waals surface area contributed by atoms with Gasteiger partial charge in [0.25, 0.3) is 0 Å². The Labute approximate surface area is 127 Å². The maximum atomic E-state index is 9.65. The van der Waals surface area contributed by atoms with Gasteiger partial charge in [0, 0.05) is 11.8 Å². The number of nitrogens with zero attached hydrogens (tertiary/aromatic N) is 3. The predicted octanol–water partition coefficient (Wildman–Crippen LogP) is 3.22. The maximum absolute atomic E-state index is 9.65. The second-order valence-electron chi connectivity index (χ2n) is 4.54. The highest BCUT2D eigenvalue weighted by molar-refractivity contribution is 7.99. The molecule has 3 aromatic rings. The summed E-state index contributed by atoms with van der Waals surface area (Å²) in [5, 5.41) is 16.0. The second-order valence-corrected chi connectivity index (χ2v) is 5.55. The van der Waals surface area contributed by atoms with Crippen LogP contribution >= 0.6 is 11.8 Å². The van der Waals surface area contributed by atoms with Crippen molar-refractivity contribution in [1.29, 1.82) is 0 Å². The van der Waals surface area contributed by atoms with E-state index in [4.69, 9.17) is 0 Å². The predicted molar refractivity (Wildman–Crippen MR) is 82.6 cm³/mol. The van der Waals surface area contributed by atoms with Crippen LogP contribution < -0.4 is 0 Å². The lowest BCUT2D eigenvalue weighted by Gasteiger charge is -2.08. The first-order valence-corrected chi connectivity index (χ1v) is 7.45. The Kier molecular flexibility index (Phi) is 4.03. The largest absolute Gasteiger partial charge is 0.392 e. The van der Waals surface area contributed by atoms with Crippen LogP contribution in [-0.2, 0) is 6.61 Å². The monoisotopic (exact) mass is 297 g/mol. The standard InChI is InChI=1S/C16H15N3OS/c1-12-14(11-20)16(21-15-9-5-6-10-17-15)19(18-12)13-7-3-2-4-8-13/h2-10,20H,11H2,1H3. The Bertz CT molecular complexity index is 726. The first kappa shape index (κ1) is 13.9. The van der Waals surface area contributed by atoms with Crippen LogP contribution in [0.4, 0.5) is 0 Å². The Morgan fingerprint density at radius 1 is 1.10 bits per heavy atom. The second kappa shape index (κ2) is 6.11. The molecule has 2 aromatic heterocycles. The summed E-state index contributed by atoms with van der Waals surface area (Å²) < 4.78 is 1.86. The lowest BCUT2D eigenvalue weighted by atomic mass is 10.3. The Morgan fingerprint density at radius 2 is 1.86 bits per heavy atom. The zero-order chi connectivity index (χ0) is 14.7. The molecule has 3 rings (SSSR count). The minimum atomic E-state index is -0.0339. The van der Waals surface area contributed by atoms with Crippen molar-refractivity contribution in [2.75, 3.05) is 0 Å². The average molecular weight is 297 g/mol. The lowest BCUT2D eigenvalue weighted by Crippen LogP contribution is -1.99. The van der Waals surface area contributed by atoms with Crippen LogP contribution in [0.25, 0.3) is 5.69 Å². The Hall–Kier alpha value is -2.11. The smallest absolute Gasteiger partial charge is 0.112 e. The van der Waals surface area contributed by atoms with Crippen molar-refractivity contribution in [1.82, 2.24) is 14.8 Å². The number of aliphatic hydroxyl groups excluding tert-OH is 1. The van der Waals surface area contributed by atoms with E-state index in [-0.39, 0.29) is 6.61 Å². The van der Waals surface area contributed by atoms with Gasteiger partial charge in [0.15, 0.2) is 0 Å². The molecule has 2 heterocycles. The van der Waals surface area contributed by atoms with Crippen LogP contribution in [0.5, 0.6) is 0 Å². The third kappa shape index (κ3) is 2.84. The summed E-state index contributed by atoms with van der Waals surface area (Å²) >= 11 is 1.51. The van der Waals surface area contributed by atoms with E-state index >= 15 is 0 Å². The highest BCUT2D eigenvalue weighted by atomic mass is 32.2. The number of aliphatic hydroxyl groups is 1. The summed E-state index contributed by atoms with van der Waals surface area (Å²) in [7, 11) is 0. The number of hydrogen-bond acceptors (Lipinski definition) is 4. The van der Waals surface area contributed by atoms with Crippen LogP contribution in [0.1, 0.15) is 11.3 Å². The molecule has 1 N–H and O–H groups in total. The van der Waals surface area contributed by atoms with Gasteiger partial charge in [0.05, 0.1) is 18.0 Å². The van der Waals surface area contributed by atoms with E-state index in [0.717, 1.165) is 27.0 Å². The average Bonchev–Trinajstić information content (AvgIpc) is 2.85. The first-order chi connectivity index (χ1) is 10.3. The van der Waals surface area contributed by atoms with Crippen molar-refractivity contribution >= 4 is 11.8 Å². The molecule has 0 aliphatic rings. The molecule has 0 bridgehead atoms. The van der Waals surface area contributed by atoms with Crippen LogP contribution in [0, 0.1) is 6.92 Å². The molecule has 0 atom stereocenters. The zero-order valence-corrected chi connectivity index (χ0v) is 12.4. The van der Waals surface area contributed by atoms with E-state index in [2.05, 4.69) is 10.1 Å². The van der Waals surface area contributed by atoms with Crippen LogP contribution in [0.15, 0.2) is 64.8 Å². The summed E-state index contributed by atoms with van der Waals surface area (Å²) in [5.74, 6) is 0. The maximum Gasteiger partial charge on any atom is 0.112 e. The first-order valence-electron chi connectivity index (χ1n) is 6.63. The van der Waals surface area contributed by atoms with Crippen molar-refractivity contribution in [2.24, 2.45) is 0 Å². The summed E-state index contributed by atoms with van der Waals surface area (Å²) in [6, 6.07) is 15.7. The van der Waals surface area contributed by atoms with Gasteiger partial charge in [-0.1, -0.05) is 24.3 Å². The molecular weight excluding hydrogens is 282 g/mol. The highest BCUT2D eigenvalue weighted by Crippen LogP contribution is 2.32. The molecule has 106 valence electrons. The quantitative estimate of drug-likeness (QED) is 0.803. The summed E-state index contributed by atoms with van der Waals surface area (Å²) in [6.07, 6.45) is 1.76. The van der Waals surface area contributed by atoms with Crippen molar-refractivity contribution in [2.45, 2.75) is 23.6 Å². The van der Waals surface area contributed by atoms with Gasteiger partial charge in [-0.25, -0.2) is 9.67 Å². The minimum absolute atomic E-state index is 0.0339. The van der Waals surface area contributed by atoms with E-state index in [1.165, 1.54) is 11.8 Å². The van der Waals surface area contributed by atoms with Crippen molar-refractivity contribution in [3.05, 3.63) is 66.0 Å².